The largest absolute Gasteiger partial charge is 0.361 e. The lowest BCUT2D eigenvalue weighted by atomic mass is 10.0. The van der Waals surface area contributed by atoms with Gasteiger partial charge in [0.25, 0.3) is 5.70 Å². The molecular formula is C12H9N7O2. The predicted octanol–water partition coefficient (Wildman–Crippen LogP) is 1.29. The van der Waals surface area contributed by atoms with E-state index in [9.17, 15) is 10.1 Å². The summed E-state index contributed by atoms with van der Waals surface area (Å²) >= 11 is 0. The molecule has 0 bridgehead atoms. The van der Waals surface area contributed by atoms with Crippen LogP contribution in [0.25, 0.3) is 10.9 Å². The zero-order valence-corrected chi connectivity index (χ0v) is 10.6. The normalized spacial score (nSPS) is 17.1. The van der Waals surface area contributed by atoms with Crippen LogP contribution >= 0.6 is 0 Å². The second-order valence-electron chi connectivity index (χ2n) is 4.61. The van der Waals surface area contributed by atoms with Crippen molar-refractivity contribution in [1.29, 1.82) is 0 Å². The van der Waals surface area contributed by atoms with Crippen LogP contribution in [0.2, 0.25) is 0 Å². The highest BCUT2D eigenvalue weighted by Gasteiger charge is 2.36. The van der Waals surface area contributed by atoms with Crippen molar-refractivity contribution in [3.63, 3.8) is 0 Å². The average Bonchev–Trinajstić information content (AvgIpc) is 3.12. The number of nitrogens with zero attached hydrogens (tertiary/aromatic N) is 5. The first-order valence-corrected chi connectivity index (χ1v) is 6.20. The molecule has 1 aromatic carbocycles. The van der Waals surface area contributed by atoms with Gasteiger partial charge < -0.3 is 10.3 Å². The Kier molecular flexibility index (Phi) is 2.28. The van der Waals surface area contributed by atoms with E-state index in [1.54, 1.807) is 6.20 Å². The molecule has 9 nitrogen and oxygen atoms in total. The number of rotatable bonds is 2. The molecule has 0 unspecified atom stereocenters. The highest BCUT2D eigenvalue weighted by atomic mass is 16.6. The molecule has 104 valence electrons. The van der Waals surface area contributed by atoms with Crippen LogP contribution in [0.15, 0.2) is 42.4 Å². The first-order valence-electron chi connectivity index (χ1n) is 6.20. The number of hydrogen-bond donors (Lipinski definition) is 2. The number of tetrazole rings is 1. The fourth-order valence-electron chi connectivity index (χ4n) is 2.57. The third kappa shape index (κ3) is 1.60. The SMILES string of the molecule is O=[N+]([O-])C1=CNc2nnnn2[C@H]1c1c[nH]c2ccccc12. The number of allylic oxidation sites excluding steroid dienone is 1. The number of nitrogens with one attached hydrogen (secondary N) is 2. The second-order valence-corrected chi connectivity index (χ2v) is 4.61. The number of benzene rings is 1. The maximum atomic E-state index is 11.3. The number of fused-ring (bicyclic) bond motifs is 2. The minimum Gasteiger partial charge on any atom is -0.361 e. The number of anilines is 1. The summed E-state index contributed by atoms with van der Waals surface area (Å²) in [7, 11) is 0. The van der Waals surface area contributed by atoms with Gasteiger partial charge in [0.1, 0.15) is 0 Å². The Bertz CT molecular complexity index is 879. The number of hydrogen-bond acceptors (Lipinski definition) is 6. The van der Waals surface area contributed by atoms with Crippen molar-refractivity contribution in [1.82, 2.24) is 25.2 Å². The number of nitro groups is 1. The van der Waals surface area contributed by atoms with E-state index in [-0.39, 0.29) is 5.70 Å². The van der Waals surface area contributed by atoms with Crippen LogP contribution in [0.4, 0.5) is 5.95 Å². The highest BCUT2D eigenvalue weighted by Crippen LogP contribution is 2.35. The topological polar surface area (TPSA) is 115 Å². The van der Waals surface area contributed by atoms with Crippen molar-refractivity contribution in [2.24, 2.45) is 0 Å². The molecule has 3 aromatic rings. The second kappa shape index (κ2) is 4.13. The fourth-order valence-corrected chi connectivity index (χ4v) is 2.57. The van der Waals surface area contributed by atoms with Crippen LogP contribution in [0, 0.1) is 10.1 Å². The van der Waals surface area contributed by atoms with E-state index in [4.69, 9.17) is 0 Å². The molecule has 0 aliphatic carbocycles. The lowest BCUT2D eigenvalue weighted by molar-refractivity contribution is -0.431. The van der Waals surface area contributed by atoms with E-state index < -0.39 is 11.0 Å². The van der Waals surface area contributed by atoms with E-state index >= 15 is 0 Å². The monoisotopic (exact) mass is 283 g/mol. The van der Waals surface area contributed by atoms with Gasteiger partial charge in [0, 0.05) is 22.7 Å². The summed E-state index contributed by atoms with van der Waals surface area (Å²) in [5.41, 5.74) is 1.64. The van der Waals surface area contributed by atoms with Gasteiger partial charge in [0.2, 0.25) is 5.95 Å². The van der Waals surface area contributed by atoms with Gasteiger partial charge in [-0.3, -0.25) is 10.1 Å². The van der Waals surface area contributed by atoms with Crippen LogP contribution in [0.3, 0.4) is 0 Å². The summed E-state index contributed by atoms with van der Waals surface area (Å²) in [4.78, 5) is 14.0. The summed E-state index contributed by atoms with van der Waals surface area (Å²) in [5, 5.41) is 26.2. The minimum absolute atomic E-state index is 0.0143. The molecule has 0 radical (unpaired) electrons. The Morgan fingerprint density at radius 1 is 1.33 bits per heavy atom. The van der Waals surface area contributed by atoms with Crippen molar-refractivity contribution in [3.05, 3.63) is 58.0 Å². The first-order chi connectivity index (χ1) is 10.3. The van der Waals surface area contributed by atoms with Crippen LogP contribution in [-0.4, -0.2) is 30.1 Å². The number of H-pyrrole nitrogens is 1. The summed E-state index contributed by atoms with van der Waals surface area (Å²) in [6, 6.07) is 6.93. The maximum absolute atomic E-state index is 11.3. The van der Waals surface area contributed by atoms with Gasteiger partial charge in [-0.1, -0.05) is 23.3 Å². The molecule has 9 heteroatoms. The van der Waals surface area contributed by atoms with Crippen LogP contribution < -0.4 is 5.32 Å². The van der Waals surface area contributed by atoms with Crippen molar-refractivity contribution >= 4 is 16.9 Å². The van der Waals surface area contributed by atoms with E-state index in [1.165, 1.54) is 10.9 Å². The molecule has 1 aliphatic heterocycles. The lowest BCUT2D eigenvalue weighted by Crippen LogP contribution is -2.25. The first kappa shape index (κ1) is 11.6. The van der Waals surface area contributed by atoms with Crippen molar-refractivity contribution in [2.45, 2.75) is 6.04 Å². The van der Waals surface area contributed by atoms with Gasteiger partial charge in [-0.05, 0) is 16.5 Å². The summed E-state index contributed by atoms with van der Waals surface area (Å²) in [6.07, 6.45) is 3.08. The molecule has 0 saturated heterocycles. The minimum atomic E-state index is -0.678. The fraction of sp³-hybridized carbons (Fsp3) is 0.0833. The summed E-state index contributed by atoms with van der Waals surface area (Å²) in [5.74, 6) is 0.371. The molecule has 2 aromatic heterocycles. The molecular weight excluding hydrogens is 274 g/mol. The van der Waals surface area contributed by atoms with Gasteiger partial charge in [0.05, 0.1) is 11.1 Å². The Labute approximate surface area is 117 Å². The van der Waals surface area contributed by atoms with Gasteiger partial charge in [-0.25, -0.2) is 0 Å². The maximum Gasteiger partial charge on any atom is 0.291 e. The third-order valence-corrected chi connectivity index (χ3v) is 3.49. The molecule has 1 aliphatic rings. The average molecular weight is 283 g/mol. The Morgan fingerprint density at radius 3 is 3.05 bits per heavy atom. The lowest BCUT2D eigenvalue weighted by Gasteiger charge is -2.19. The van der Waals surface area contributed by atoms with Gasteiger partial charge >= 0.3 is 0 Å². The standard InChI is InChI=1S/C12H9N7O2/c20-19(21)10-6-14-12-15-16-17-18(12)11(10)8-5-13-9-4-2-1-3-7(8)9/h1-6,11,13H,(H,14,15,17)/t11-/m0/s1. The number of aromatic amines is 1. The van der Waals surface area contributed by atoms with Gasteiger partial charge in [0.15, 0.2) is 6.04 Å². The molecule has 1 atom stereocenters. The molecule has 21 heavy (non-hydrogen) atoms. The van der Waals surface area contributed by atoms with E-state index in [0.717, 1.165) is 16.5 Å². The van der Waals surface area contributed by atoms with E-state index in [2.05, 4.69) is 25.8 Å². The van der Waals surface area contributed by atoms with E-state index in [0.29, 0.717) is 5.95 Å². The highest BCUT2D eigenvalue weighted by molar-refractivity contribution is 5.84. The van der Waals surface area contributed by atoms with Crippen molar-refractivity contribution < 1.29 is 4.92 Å². The third-order valence-electron chi connectivity index (χ3n) is 3.49. The predicted molar refractivity (Wildman–Crippen MR) is 73.0 cm³/mol. The molecule has 4 rings (SSSR count). The molecule has 2 N–H and O–H groups in total. The van der Waals surface area contributed by atoms with Crippen molar-refractivity contribution in [2.75, 3.05) is 5.32 Å². The molecule has 0 saturated carbocycles. The summed E-state index contributed by atoms with van der Waals surface area (Å²) in [6.45, 7) is 0. The Balaban J connectivity index is 1.97. The zero-order chi connectivity index (χ0) is 14.4. The molecule has 0 fully saturated rings. The quantitative estimate of drug-likeness (QED) is 0.541. The van der Waals surface area contributed by atoms with Crippen LogP contribution in [-0.2, 0) is 0 Å². The molecule has 3 heterocycles. The smallest absolute Gasteiger partial charge is 0.291 e. The van der Waals surface area contributed by atoms with E-state index in [1.807, 2.05) is 24.3 Å². The number of para-hydroxylation sites is 1. The van der Waals surface area contributed by atoms with Crippen molar-refractivity contribution in [3.8, 4) is 0 Å². The zero-order valence-electron chi connectivity index (χ0n) is 10.6. The summed E-state index contributed by atoms with van der Waals surface area (Å²) < 4.78 is 1.41. The number of aromatic nitrogens is 5. The Hall–Kier alpha value is -3.23. The molecule has 0 spiro atoms. The van der Waals surface area contributed by atoms with Crippen LogP contribution in [0.5, 0.6) is 0 Å². The van der Waals surface area contributed by atoms with Gasteiger partial charge in [-0.15, -0.1) is 0 Å². The van der Waals surface area contributed by atoms with Crippen LogP contribution in [0.1, 0.15) is 11.6 Å². The molecule has 0 amide bonds. The Morgan fingerprint density at radius 2 is 2.19 bits per heavy atom. The van der Waals surface area contributed by atoms with Gasteiger partial charge in [-0.2, -0.15) is 4.68 Å².